The Balaban J connectivity index is 2.45. The molecule has 0 amide bonds. The first-order valence-corrected chi connectivity index (χ1v) is 6.34. The first-order valence-electron chi connectivity index (χ1n) is 6.34. The Bertz CT molecular complexity index is 636. The maximum atomic E-state index is 11.3. The van der Waals surface area contributed by atoms with Gasteiger partial charge in [0.15, 0.2) is 5.65 Å². The van der Waals surface area contributed by atoms with Crippen molar-refractivity contribution in [1.82, 2.24) is 14.8 Å². The number of nitrogens with one attached hydrogen (secondary N) is 1. The van der Waals surface area contributed by atoms with Crippen molar-refractivity contribution >= 4 is 22.7 Å². The fraction of sp³-hybridized carbons (Fsp3) is 0.462. The molecule has 0 saturated carbocycles. The van der Waals surface area contributed by atoms with Crippen LogP contribution in [0.15, 0.2) is 6.20 Å². The predicted octanol–water partition coefficient (Wildman–Crippen LogP) is 1.42. The smallest absolute Gasteiger partial charge is 0.339 e. The zero-order valence-electron chi connectivity index (χ0n) is 11.8. The SMILES string of the molecule is COCCCNc1c(C(=O)O)cnc2c1c(C)nn2C. The van der Waals surface area contributed by atoms with E-state index in [0.717, 1.165) is 17.5 Å². The number of carboxylic acid groups (broad SMARTS) is 1. The van der Waals surface area contributed by atoms with Crippen LogP contribution < -0.4 is 5.32 Å². The van der Waals surface area contributed by atoms with E-state index >= 15 is 0 Å². The second-order valence-electron chi connectivity index (χ2n) is 4.53. The number of hydrogen-bond acceptors (Lipinski definition) is 5. The maximum absolute atomic E-state index is 11.3. The van der Waals surface area contributed by atoms with Gasteiger partial charge in [-0.05, 0) is 13.3 Å². The predicted molar refractivity (Wildman–Crippen MR) is 75.2 cm³/mol. The summed E-state index contributed by atoms with van der Waals surface area (Å²) in [5.41, 5.74) is 2.16. The second-order valence-corrected chi connectivity index (χ2v) is 4.53. The van der Waals surface area contributed by atoms with Crippen molar-refractivity contribution in [3.63, 3.8) is 0 Å². The molecule has 2 aromatic heterocycles. The molecule has 2 N–H and O–H groups in total. The van der Waals surface area contributed by atoms with Gasteiger partial charge in [0.05, 0.1) is 16.8 Å². The lowest BCUT2D eigenvalue weighted by molar-refractivity contribution is 0.0697. The third-order valence-corrected chi connectivity index (χ3v) is 3.08. The number of aromatic nitrogens is 3. The summed E-state index contributed by atoms with van der Waals surface area (Å²) in [5.74, 6) is -1.00. The lowest BCUT2D eigenvalue weighted by atomic mass is 10.1. The summed E-state index contributed by atoms with van der Waals surface area (Å²) in [6.45, 7) is 3.09. The van der Waals surface area contributed by atoms with Gasteiger partial charge in [-0.15, -0.1) is 0 Å². The van der Waals surface area contributed by atoms with Crippen LogP contribution in [0.5, 0.6) is 0 Å². The van der Waals surface area contributed by atoms with E-state index in [0.29, 0.717) is 24.5 Å². The molecule has 2 rings (SSSR count). The van der Waals surface area contributed by atoms with Gasteiger partial charge in [0, 0.05) is 33.5 Å². The molecule has 2 heterocycles. The molecule has 0 aliphatic rings. The number of carbonyl (C=O) groups is 1. The van der Waals surface area contributed by atoms with Crippen molar-refractivity contribution in [1.29, 1.82) is 0 Å². The molecule has 7 heteroatoms. The van der Waals surface area contributed by atoms with Gasteiger partial charge in [0.1, 0.15) is 5.56 Å². The second kappa shape index (κ2) is 5.87. The molecule has 0 aromatic carbocycles. The average Bonchev–Trinajstić information content (AvgIpc) is 2.70. The lowest BCUT2D eigenvalue weighted by Crippen LogP contribution is -2.10. The molecule has 0 spiro atoms. The fourth-order valence-corrected chi connectivity index (χ4v) is 2.19. The minimum absolute atomic E-state index is 0.158. The zero-order valence-corrected chi connectivity index (χ0v) is 11.8. The largest absolute Gasteiger partial charge is 0.478 e. The highest BCUT2D eigenvalue weighted by Crippen LogP contribution is 2.28. The van der Waals surface area contributed by atoms with Crippen LogP contribution in [0.25, 0.3) is 11.0 Å². The van der Waals surface area contributed by atoms with E-state index in [-0.39, 0.29) is 5.56 Å². The monoisotopic (exact) mass is 278 g/mol. The van der Waals surface area contributed by atoms with E-state index in [4.69, 9.17) is 4.74 Å². The number of aromatic carboxylic acids is 1. The van der Waals surface area contributed by atoms with E-state index in [2.05, 4.69) is 15.4 Å². The normalized spacial score (nSPS) is 10.9. The highest BCUT2D eigenvalue weighted by atomic mass is 16.5. The Morgan fingerprint density at radius 2 is 2.30 bits per heavy atom. The first kappa shape index (κ1) is 14.3. The quantitative estimate of drug-likeness (QED) is 0.777. The molecular formula is C13H18N4O3. The molecule has 108 valence electrons. The van der Waals surface area contributed by atoms with E-state index in [1.165, 1.54) is 6.20 Å². The van der Waals surface area contributed by atoms with Crippen LogP contribution in [0, 0.1) is 6.92 Å². The summed E-state index contributed by atoms with van der Waals surface area (Å²) in [7, 11) is 3.43. The molecule has 0 bridgehead atoms. The van der Waals surface area contributed by atoms with Gasteiger partial charge in [-0.3, -0.25) is 4.68 Å². The van der Waals surface area contributed by atoms with Crippen molar-refractivity contribution in [2.24, 2.45) is 7.05 Å². The van der Waals surface area contributed by atoms with Gasteiger partial charge in [-0.2, -0.15) is 5.10 Å². The molecular weight excluding hydrogens is 260 g/mol. The Kier molecular flexibility index (Phi) is 4.19. The van der Waals surface area contributed by atoms with Gasteiger partial charge < -0.3 is 15.2 Å². The third-order valence-electron chi connectivity index (χ3n) is 3.08. The van der Waals surface area contributed by atoms with Crippen LogP contribution >= 0.6 is 0 Å². The minimum atomic E-state index is -1.00. The Hall–Kier alpha value is -2.15. The summed E-state index contributed by atoms with van der Waals surface area (Å²) >= 11 is 0. The molecule has 7 nitrogen and oxygen atoms in total. The molecule has 0 fully saturated rings. The van der Waals surface area contributed by atoms with Crippen molar-refractivity contribution in [3.05, 3.63) is 17.5 Å². The molecule has 0 aliphatic heterocycles. The topological polar surface area (TPSA) is 89.3 Å². The fourth-order valence-electron chi connectivity index (χ4n) is 2.19. The number of fused-ring (bicyclic) bond motifs is 1. The molecule has 0 saturated heterocycles. The lowest BCUT2D eigenvalue weighted by Gasteiger charge is -2.11. The van der Waals surface area contributed by atoms with Crippen LogP contribution in [0.1, 0.15) is 22.5 Å². The van der Waals surface area contributed by atoms with Crippen LogP contribution in [0.4, 0.5) is 5.69 Å². The summed E-state index contributed by atoms with van der Waals surface area (Å²) in [5, 5.41) is 17.5. The number of anilines is 1. The van der Waals surface area contributed by atoms with Gasteiger partial charge in [-0.1, -0.05) is 0 Å². The number of ether oxygens (including phenoxy) is 1. The number of carboxylic acids is 1. The number of methoxy groups -OCH3 is 1. The van der Waals surface area contributed by atoms with E-state index in [1.807, 2.05) is 6.92 Å². The van der Waals surface area contributed by atoms with Crippen molar-refractivity contribution < 1.29 is 14.6 Å². The number of hydrogen-bond donors (Lipinski definition) is 2. The first-order chi connectivity index (χ1) is 9.56. The maximum Gasteiger partial charge on any atom is 0.339 e. The zero-order chi connectivity index (χ0) is 14.7. The molecule has 20 heavy (non-hydrogen) atoms. The summed E-state index contributed by atoms with van der Waals surface area (Å²) < 4.78 is 6.64. The van der Waals surface area contributed by atoms with Crippen LogP contribution in [-0.2, 0) is 11.8 Å². The van der Waals surface area contributed by atoms with Crippen LogP contribution in [-0.4, -0.2) is 46.1 Å². The number of pyridine rings is 1. The third kappa shape index (κ3) is 2.57. The van der Waals surface area contributed by atoms with E-state index in [9.17, 15) is 9.90 Å². The molecule has 0 unspecified atom stereocenters. The number of rotatable bonds is 6. The van der Waals surface area contributed by atoms with Gasteiger partial charge in [-0.25, -0.2) is 9.78 Å². The van der Waals surface area contributed by atoms with Gasteiger partial charge >= 0.3 is 5.97 Å². The Labute approximate surface area is 116 Å². The minimum Gasteiger partial charge on any atom is -0.478 e. The number of nitrogens with zero attached hydrogens (tertiary/aromatic N) is 3. The Morgan fingerprint density at radius 1 is 1.55 bits per heavy atom. The standard InChI is InChI=1S/C13H18N4O3/c1-8-10-11(14-5-4-6-20-3)9(13(18)19)7-15-12(10)17(2)16-8/h7H,4-6H2,1-3H3,(H,14,15)(H,18,19). The highest BCUT2D eigenvalue weighted by molar-refractivity contribution is 6.04. The van der Waals surface area contributed by atoms with Crippen molar-refractivity contribution in [2.75, 3.05) is 25.6 Å². The van der Waals surface area contributed by atoms with Crippen molar-refractivity contribution in [3.8, 4) is 0 Å². The van der Waals surface area contributed by atoms with Gasteiger partial charge in [0.2, 0.25) is 0 Å². The highest BCUT2D eigenvalue weighted by Gasteiger charge is 2.18. The molecule has 2 aromatic rings. The average molecular weight is 278 g/mol. The number of aryl methyl sites for hydroxylation is 2. The van der Waals surface area contributed by atoms with Crippen LogP contribution in [0.3, 0.4) is 0 Å². The van der Waals surface area contributed by atoms with Gasteiger partial charge in [0.25, 0.3) is 0 Å². The van der Waals surface area contributed by atoms with E-state index < -0.39 is 5.97 Å². The summed E-state index contributed by atoms with van der Waals surface area (Å²) in [6.07, 6.45) is 2.16. The van der Waals surface area contributed by atoms with Crippen LogP contribution in [0.2, 0.25) is 0 Å². The van der Waals surface area contributed by atoms with Crippen molar-refractivity contribution in [2.45, 2.75) is 13.3 Å². The summed E-state index contributed by atoms with van der Waals surface area (Å²) in [4.78, 5) is 15.5. The molecule has 0 aliphatic carbocycles. The molecule has 0 radical (unpaired) electrons. The van der Waals surface area contributed by atoms with E-state index in [1.54, 1.807) is 18.8 Å². The summed E-state index contributed by atoms with van der Waals surface area (Å²) in [6, 6.07) is 0. The molecule has 0 atom stereocenters. The Morgan fingerprint density at radius 3 is 2.95 bits per heavy atom.